The first-order chi connectivity index (χ1) is 6.90. The van der Waals surface area contributed by atoms with Crippen LogP contribution >= 0.6 is 0 Å². The molecule has 5 heteroatoms. The number of rotatable bonds is 3. The second kappa shape index (κ2) is 3.97. The summed E-state index contributed by atoms with van der Waals surface area (Å²) >= 11 is 0. The first kappa shape index (κ1) is 8.83. The van der Waals surface area contributed by atoms with Gasteiger partial charge in [-0.1, -0.05) is 0 Å². The first-order valence-electron chi connectivity index (χ1n) is 4.31. The van der Waals surface area contributed by atoms with Crippen molar-refractivity contribution < 1.29 is 5.11 Å². The van der Waals surface area contributed by atoms with Crippen molar-refractivity contribution in [1.29, 1.82) is 0 Å². The van der Waals surface area contributed by atoms with E-state index in [9.17, 15) is 0 Å². The second-order valence-corrected chi connectivity index (χ2v) is 2.79. The van der Waals surface area contributed by atoms with E-state index in [0.717, 1.165) is 5.69 Å². The van der Waals surface area contributed by atoms with Gasteiger partial charge in [-0.25, -0.2) is 15.0 Å². The van der Waals surface area contributed by atoms with E-state index >= 15 is 0 Å². The number of imidazole rings is 1. The van der Waals surface area contributed by atoms with Gasteiger partial charge in [-0.2, -0.15) is 0 Å². The van der Waals surface area contributed by atoms with Crippen LogP contribution in [-0.2, 0) is 6.42 Å². The topological polar surface area (TPSA) is 63.8 Å². The standard InChI is InChI=1S/C9H10N4O/c14-6-2-8-1-3-11-9(12-8)13-5-4-10-7-13/h1,3-5,7,14H,2,6H2. The van der Waals surface area contributed by atoms with Gasteiger partial charge in [0.05, 0.1) is 0 Å². The van der Waals surface area contributed by atoms with Gasteiger partial charge in [0.15, 0.2) is 0 Å². The van der Waals surface area contributed by atoms with Gasteiger partial charge < -0.3 is 5.11 Å². The van der Waals surface area contributed by atoms with Crippen LogP contribution in [0.1, 0.15) is 5.69 Å². The molecule has 0 aliphatic heterocycles. The molecule has 2 aromatic heterocycles. The SMILES string of the molecule is OCCc1ccnc(-n2ccnc2)n1. The minimum atomic E-state index is 0.0976. The van der Waals surface area contributed by atoms with E-state index in [1.807, 2.05) is 0 Å². The molecule has 0 saturated heterocycles. The molecular formula is C9H10N4O. The lowest BCUT2D eigenvalue weighted by Gasteiger charge is -2.01. The Morgan fingerprint density at radius 2 is 2.29 bits per heavy atom. The molecule has 0 saturated carbocycles. The first-order valence-corrected chi connectivity index (χ1v) is 4.31. The fraction of sp³-hybridized carbons (Fsp3) is 0.222. The number of hydrogen-bond donors (Lipinski definition) is 1. The molecule has 0 bridgehead atoms. The molecule has 0 aromatic carbocycles. The Morgan fingerprint density at radius 1 is 1.36 bits per heavy atom. The summed E-state index contributed by atoms with van der Waals surface area (Å²) in [5, 5.41) is 8.76. The van der Waals surface area contributed by atoms with Crippen LogP contribution < -0.4 is 0 Å². The average Bonchev–Trinajstić information content (AvgIpc) is 2.71. The highest BCUT2D eigenvalue weighted by atomic mass is 16.3. The van der Waals surface area contributed by atoms with Crippen LogP contribution in [0.15, 0.2) is 31.0 Å². The Morgan fingerprint density at radius 3 is 3.00 bits per heavy atom. The Hall–Kier alpha value is -1.75. The third kappa shape index (κ3) is 1.77. The quantitative estimate of drug-likeness (QED) is 0.750. The maximum Gasteiger partial charge on any atom is 0.235 e. The van der Waals surface area contributed by atoms with Crippen molar-refractivity contribution in [3.63, 3.8) is 0 Å². The average molecular weight is 190 g/mol. The van der Waals surface area contributed by atoms with Crippen molar-refractivity contribution in [2.45, 2.75) is 6.42 Å². The van der Waals surface area contributed by atoms with E-state index in [-0.39, 0.29) is 6.61 Å². The van der Waals surface area contributed by atoms with Crippen LogP contribution in [0.25, 0.3) is 5.95 Å². The van der Waals surface area contributed by atoms with Crippen molar-refractivity contribution in [3.05, 3.63) is 36.7 Å². The third-order valence-electron chi connectivity index (χ3n) is 1.80. The van der Waals surface area contributed by atoms with Gasteiger partial charge in [0.25, 0.3) is 0 Å². The highest BCUT2D eigenvalue weighted by molar-refractivity contribution is 5.14. The lowest BCUT2D eigenvalue weighted by Crippen LogP contribution is -2.02. The van der Waals surface area contributed by atoms with Gasteiger partial charge in [-0.3, -0.25) is 4.57 Å². The lowest BCUT2D eigenvalue weighted by atomic mass is 10.3. The van der Waals surface area contributed by atoms with Gasteiger partial charge in [-0.05, 0) is 6.07 Å². The summed E-state index contributed by atoms with van der Waals surface area (Å²) in [4.78, 5) is 12.3. The summed E-state index contributed by atoms with van der Waals surface area (Å²) < 4.78 is 1.72. The summed E-state index contributed by atoms with van der Waals surface area (Å²) in [5.41, 5.74) is 0.825. The number of hydrogen-bond acceptors (Lipinski definition) is 4. The predicted molar refractivity (Wildman–Crippen MR) is 49.9 cm³/mol. The summed E-state index contributed by atoms with van der Waals surface area (Å²) in [6, 6.07) is 1.79. The van der Waals surface area contributed by atoms with Gasteiger partial charge in [0, 0.05) is 37.3 Å². The molecule has 0 spiro atoms. The molecule has 14 heavy (non-hydrogen) atoms. The molecule has 2 heterocycles. The van der Waals surface area contributed by atoms with Crippen molar-refractivity contribution in [3.8, 4) is 5.95 Å². The summed E-state index contributed by atoms with van der Waals surface area (Å²) in [5.74, 6) is 0.577. The number of nitrogens with zero attached hydrogens (tertiary/aromatic N) is 4. The zero-order valence-corrected chi connectivity index (χ0v) is 7.54. The van der Waals surface area contributed by atoms with Crippen LogP contribution in [0.2, 0.25) is 0 Å². The Labute approximate surface area is 81.1 Å². The minimum absolute atomic E-state index is 0.0976. The van der Waals surface area contributed by atoms with Crippen molar-refractivity contribution in [2.24, 2.45) is 0 Å². The van der Waals surface area contributed by atoms with E-state index in [0.29, 0.717) is 12.4 Å². The maximum absolute atomic E-state index is 8.76. The molecular weight excluding hydrogens is 180 g/mol. The Kier molecular flexibility index (Phi) is 2.51. The molecule has 0 fully saturated rings. The van der Waals surface area contributed by atoms with Crippen LogP contribution in [-0.4, -0.2) is 31.2 Å². The summed E-state index contributed by atoms with van der Waals surface area (Å²) in [6.45, 7) is 0.0976. The minimum Gasteiger partial charge on any atom is -0.396 e. The van der Waals surface area contributed by atoms with E-state index in [1.54, 1.807) is 35.6 Å². The zero-order valence-electron chi connectivity index (χ0n) is 7.54. The highest BCUT2D eigenvalue weighted by Crippen LogP contribution is 2.01. The molecule has 2 rings (SSSR count). The van der Waals surface area contributed by atoms with E-state index in [2.05, 4.69) is 15.0 Å². The fourth-order valence-corrected chi connectivity index (χ4v) is 1.14. The Bertz CT molecular complexity index is 399. The zero-order chi connectivity index (χ0) is 9.80. The molecule has 72 valence electrons. The fourth-order valence-electron chi connectivity index (χ4n) is 1.14. The van der Waals surface area contributed by atoms with Crippen LogP contribution in [0.4, 0.5) is 0 Å². The maximum atomic E-state index is 8.76. The third-order valence-corrected chi connectivity index (χ3v) is 1.80. The van der Waals surface area contributed by atoms with Crippen LogP contribution in [0.3, 0.4) is 0 Å². The van der Waals surface area contributed by atoms with Gasteiger partial charge in [0.1, 0.15) is 6.33 Å². The second-order valence-electron chi connectivity index (χ2n) is 2.79. The molecule has 0 unspecified atom stereocenters. The number of aromatic nitrogens is 4. The van der Waals surface area contributed by atoms with Gasteiger partial charge >= 0.3 is 0 Å². The van der Waals surface area contributed by atoms with Crippen molar-refractivity contribution in [2.75, 3.05) is 6.61 Å². The molecule has 5 nitrogen and oxygen atoms in total. The van der Waals surface area contributed by atoms with Crippen molar-refractivity contribution in [1.82, 2.24) is 19.5 Å². The van der Waals surface area contributed by atoms with E-state index in [4.69, 9.17) is 5.11 Å². The van der Waals surface area contributed by atoms with E-state index < -0.39 is 0 Å². The van der Waals surface area contributed by atoms with Gasteiger partial charge in [-0.15, -0.1) is 0 Å². The molecule has 0 aliphatic rings. The van der Waals surface area contributed by atoms with Gasteiger partial charge in [0.2, 0.25) is 5.95 Å². The molecule has 0 radical (unpaired) electrons. The molecule has 0 amide bonds. The molecule has 0 aliphatic carbocycles. The Balaban J connectivity index is 2.31. The summed E-state index contributed by atoms with van der Waals surface area (Å²) in [7, 11) is 0. The molecule has 2 aromatic rings. The molecule has 1 N–H and O–H groups in total. The van der Waals surface area contributed by atoms with E-state index in [1.165, 1.54) is 0 Å². The lowest BCUT2D eigenvalue weighted by molar-refractivity contribution is 0.298. The van der Waals surface area contributed by atoms with Crippen LogP contribution in [0.5, 0.6) is 0 Å². The predicted octanol–water partition coefficient (Wildman–Crippen LogP) is 0.197. The summed E-state index contributed by atoms with van der Waals surface area (Å²) in [6.07, 6.45) is 7.30. The molecule has 0 atom stereocenters. The number of aliphatic hydroxyl groups is 1. The largest absolute Gasteiger partial charge is 0.396 e. The monoisotopic (exact) mass is 190 g/mol. The highest BCUT2D eigenvalue weighted by Gasteiger charge is 2.00. The van der Waals surface area contributed by atoms with Crippen molar-refractivity contribution >= 4 is 0 Å². The number of aliphatic hydroxyl groups excluding tert-OH is 1. The van der Waals surface area contributed by atoms with Crippen LogP contribution in [0, 0.1) is 0 Å². The normalized spacial score (nSPS) is 10.4. The smallest absolute Gasteiger partial charge is 0.235 e.